The number of aryl methyl sites for hydroxylation is 2. The summed E-state index contributed by atoms with van der Waals surface area (Å²) in [6, 6.07) is 7.86. The van der Waals surface area contributed by atoms with E-state index in [1.54, 1.807) is 6.20 Å². The molecule has 3 atom stereocenters. The topological polar surface area (TPSA) is 98.1 Å². The Bertz CT molecular complexity index is 1590. The van der Waals surface area contributed by atoms with Crippen molar-refractivity contribution in [3.05, 3.63) is 76.0 Å². The number of halogens is 2. The van der Waals surface area contributed by atoms with Gasteiger partial charge < -0.3 is 24.4 Å². The van der Waals surface area contributed by atoms with Crippen LogP contribution in [0, 0.1) is 43.2 Å². The van der Waals surface area contributed by atoms with Crippen LogP contribution in [0.3, 0.4) is 0 Å². The summed E-state index contributed by atoms with van der Waals surface area (Å²) in [5.41, 5.74) is 3.27. The van der Waals surface area contributed by atoms with Gasteiger partial charge >= 0.3 is 5.97 Å². The Balaban J connectivity index is 1.12. The van der Waals surface area contributed by atoms with Gasteiger partial charge in [-0.25, -0.2) is 13.8 Å². The largest absolute Gasteiger partial charge is 0.493 e. The van der Waals surface area contributed by atoms with Gasteiger partial charge in [0.15, 0.2) is 0 Å². The highest BCUT2D eigenvalue weighted by Crippen LogP contribution is 2.62. The maximum absolute atomic E-state index is 15.1. The minimum absolute atomic E-state index is 0.117. The van der Waals surface area contributed by atoms with E-state index in [1.807, 2.05) is 52.8 Å². The number of pyridine rings is 1. The summed E-state index contributed by atoms with van der Waals surface area (Å²) >= 11 is 0. The number of rotatable bonds is 9. The Labute approximate surface area is 256 Å². The van der Waals surface area contributed by atoms with E-state index < -0.39 is 22.8 Å². The van der Waals surface area contributed by atoms with Gasteiger partial charge in [0, 0.05) is 35.4 Å². The highest BCUT2D eigenvalue weighted by molar-refractivity contribution is 5.80. The smallest absolute Gasteiger partial charge is 0.310 e. The van der Waals surface area contributed by atoms with Crippen LogP contribution in [0.15, 0.2) is 36.5 Å². The second kappa shape index (κ2) is 11.1. The molecular weight excluding hydrogens is 568 g/mol. The third-order valence-corrected chi connectivity index (χ3v) is 9.07. The van der Waals surface area contributed by atoms with Crippen LogP contribution in [0.5, 0.6) is 11.6 Å². The third-order valence-electron chi connectivity index (χ3n) is 9.07. The molecule has 0 radical (unpaired) electrons. The molecule has 2 aromatic carbocycles. The Morgan fingerprint density at radius 3 is 2.41 bits per heavy atom. The molecule has 6 rings (SSSR count). The van der Waals surface area contributed by atoms with Gasteiger partial charge in [0.05, 0.1) is 24.7 Å². The zero-order chi connectivity index (χ0) is 31.6. The van der Waals surface area contributed by atoms with Gasteiger partial charge in [-0.1, -0.05) is 0 Å². The second-order valence-electron chi connectivity index (χ2n) is 13.8. The van der Waals surface area contributed by atoms with Gasteiger partial charge in [-0.2, -0.15) is 0 Å². The van der Waals surface area contributed by atoms with Crippen LogP contribution in [0.2, 0.25) is 0 Å². The van der Waals surface area contributed by atoms with E-state index >= 15 is 4.39 Å². The molecule has 0 amide bonds. The Hall–Kier alpha value is -3.56. The maximum Gasteiger partial charge on any atom is 0.310 e. The number of aromatic nitrogens is 1. The summed E-state index contributed by atoms with van der Waals surface area (Å²) in [6.07, 6.45) is 3.45. The molecule has 1 heterocycles. The first-order chi connectivity index (χ1) is 20.7. The molecule has 3 aromatic rings. The first-order valence-corrected chi connectivity index (χ1v) is 15.2. The average Bonchev–Trinajstić information content (AvgIpc) is 3.51. The molecule has 0 unspecified atom stereocenters. The molecule has 0 bridgehead atoms. The van der Waals surface area contributed by atoms with Crippen LogP contribution in [0.1, 0.15) is 67.3 Å². The number of hydrogen-bond acceptors (Lipinski definition) is 7. The zero-order valence-corrected chi connectivity index (χ0v) is 25.7. The molecule has 0 spiro atoms. The van der Waals surface area contributed by atoms with Gasteiger partial charge in [-0.15, -0.1) is 0 Å². The van der Waals surface area contributed by atoms with Gasteiger partial charge in [-0.3, -0.25) is 4.79 Å². The lowest BCUT2D eigenvalue weighted by Gasteiger charge is -2.42. The summed E-state index contributed by atoms with van der Waals surface area (Å²) in [7, 11) is 0. The predicted octanol–water partition coefficient (Wildman–Crippen LogP) is 5.96. The fraction of sp³-hybridized carbons (Fsp3) is 0.486. The zero-order valence-electron chi connectivity index (χ0n) is 25.7. The molecule has 9 heteroatoms. The number of aliphatic hydroxyl groups excluding tert-OH is 1. The van der Waals surface area contributed by atoms with E-state index in [0.717, 1.165) is 34.7 Å². The van der Waals surface area contributed by atoms with Gasteiger partial charge in [0.1, 0.15) is 29.6 Å². The minimum atomic E-state index is -1.00. The van der Waals surface area contributed by atoms with E-state index in [4.69, 9.17) is 14.2 Å². The van der Waals surface area contributed by atoms with Gasteiger partial charge in [-0.05, 0) is 112 Å². The molecule has 2 N–H and O–H groups in total. The first-order valence-electron chi connectivity index (χ1n) is 15.2. The number of carbonyl (C=O) groups excluding carboxylic acids is 1. The predicted molar refractivity (Wildman–Crippen MR) is 159 cm³/mol. The molecule has 44 heavy (non-hydrogen) atoms. The lowest BCUT2D eigenvalue weighted by atomic mass is 9.72. The summed E-state index contributed by atoms with van der Waals surface area (Å²) < 4.78 is 47.4. The fourth-order valence-electron chi connectivity index (χ4n) is 6.99. The van der Waals surface area contributed by atoms with E-state index in [1.165, 1.54) is 6.07 Å². The van der Waals surface area contributed by atoms with Crippen LogP contribution in [-0.2, 0) is 22.6 Å². The Morgan fingerprint density at radius 2 is 1.75 bits per heavy atom. The third kappa shape index (κ3) is 5.92. The molecule has 2 saturated carbocycles. The number of aliphatic hydroxyl groups is 2. The Morgan fingerprint density at radius 1 is 1.05 bits per heavy atom. The minimum Gasteiger partial charge on any atom is -0.493 e. The number of esters is 1. The lowest BCUT2D eigenvalue weighted by Crippen LogP contribution is -2.48. The summed E-state index contributed by atoms with van der Waals surface area (Å²) in [5, 5.41) is 19.2. The number of fused-ring (bicyclic) bond motifs is 3. The molecule has 3 aliphatic carbocycles. The lowest BCUT2D eigenvalue weighted by molar-refractivity contribution is -0.157. The quantitative estimate of drug-likeness (QED) is 0.290. The van der Waals surface area contributed by atoms with Crippen LogP contribution in [0.4, 0.5) is 8.78 Å². The van der Waals surface area contributed by atoms with Crippen molar-refractivity contribution in [1.29, 1.82) is 0 Å². The van der Waals surface area contributed by atoms with Crippen molar-refractivity contribution in [2.75, 3.05) is 13.2 Å². The number of carbonyl (C=O) groups is 1. The van der Waals surface area contributed by atoms with Crippen molar-refractivity contribution in [3.8, 4) is 22.8 Å². The molecule has 3 aliphatic rings. The second-order valence-corrected chi connectivity index (χ2v) is 13.8. The molecule has 234 valence electrons. The average molecular weight is 608 g/mol. The van der Waals surface area contributed by atoms with E-state index in [9.17, 15) is 19.4 Å². The van der Waals surface area contributed by atoms with Crippen molar-refractivity contribution in [3.63, 3.8) is 0 Å². The van der Waals surface area contributed by atoms with E-state index in [0.29, 0.717) is 36.6 Å². The van der Waals surface area contributed by atoms with Crippen LogP contribution < -0.4 is 9.47 Å². The highest BCUT2D eigenvalue weighted by atomic mass is 19.1. The number of benzene rings is 2. The molecular formula is C35H39F2NO6. The van der Waals surface area contributed by atoms with Gasteiger partial charge in [0.2, 0.25) is 5.88 Å². The van der Waals surface area contributed by atoms with Crippen molar-refractivity contribution in [1.82, 2.24) is 4.98 Å². The van der Waals surface area contributed by atoms with E-state index in [2.05, 4.69) is 4.98 Å². The van der Waals surface area contributed by atoms with Crippen molar-refractivity contribution in [2.24, 2.45) is 17.8 Å². The van der Waals surface area contributed by atoms with Crippen LogP contribution in [0.25, 0.3) is 11.1 Å². The SMILES string of the molecule is Cc1cc(OCC2CC(O)(CO)C2)cc(C)c1-c1cc(COc2cc3c(cn2)[C@H]2[C@@H](C3)[C@@H]2C(=O)OC(C)(C)C)c(F)cc1F. The molecule has 0 aliphatic heterocycles. The monoisotopic (exact) mass is 607 g/mol. The number of hydrogen-bond donors (Lipinski definition) is 2. The first kappa shape index (κ1) is 30.5. The highest BCUT2D eigenvalue weighted by Gasteiger charge is 2.61. The fourth-order valence-corrected chi connectivity index (χ4v) is 6.99. The molecule has 0 saturated heterocycles. The maximum atomic E-state index is 15.1. The number of nitrogens with zero attached hydrogens (tertiary/aromatic N) is 1. The van der Waals surface area contributed by atoms with E-state index in [-0.39, 0.29) is 54.0 Å². The summed E-state index contributed by atoms with van der Waals surface area (Å²) in [4.78, 5) is 17.0. The summed E-state index contributed by atoms with van der Waals surface area (Å²) in [5.74, 6) is -0.206. The number of ether oxygens (including phenoxy) is 3. The molecule has 7 nitrogen and oxygen atoms in total. The molecule has 1 aromatic heterocycles. The summed E-state index contributed by atoms with van der Waals surface area (Å²) in [6.45, 7) is 9.33. The standard InChI is InChI=1S/C35H39F2NO6/c1-18-6-23(42-15-20-12-35(41,13-20)17-39)7-19(2)30(18)24-9-22(27(36)11-28(24)37)16-43-29-10-21-8-25-31(26(21)14-38-29)32(25)33(40)44-34(3,4)5/h6-7,9-11,14,20,25,31-32,39,41H,8,12-13,15-17H2,1-5H3/t20?,25-,31-,32+,35?/m1/s1. The van der Waals surface area contributed by atoms with Crippen LogP contribution >= 0.6 is 0 Å². The van der Waals surface area contributed by atoms with Crippen LogP contribution in [-0.4, -0.2) is 45.6 Å². The van der Waals surface area contributed by atoms with Gasteiger partial charge in [0.25, 0.3) is 0 Å². The Kier molecular flexibility index (Phi) is 7.69. The van der Waals surface area contributed by atoms with Crippen molar-refractivity contribution >= 4 is 5.97 Å². The van der Waals surface area contributed by atoms with Crippen molar-refractivity contribution < 1.29 is 38.0 Å². The molecule has 2 fully saturated rings. The normalized spacial score (nSPS) is 25.1. The van der Waals surface area contributed by atoms with Crippen molar-refractivity contribution in [2.45, 2.75) is 77.6 Å².